The molecule has 0 saturated carbocycles. The van der Waals surface area contributed by atoms with Gasteiger partial charge >= 0.3 is 0 Å². The maximum absolute atomic E-state index is 12.6. The van der Waals surface area contributed by atoms with Gasteiger partial charge in [-0.3, -0.25) is 4.79 Å². The topological polar surface area (TPSA) is 20.3 Å². The van der Waals surface area contributed by atoms with Crippen LogP contribution in [0.3, 0.4) is 0 Å². The predicted molar refractivity (Wildman–Crippen MR) is 87.5 cm³/mol. The minimum absolute atomic E-state index is 0.0505. The zero-order valence-corrected chi connectivity index (χ0v) is 12.9. The van der Waals surface area contributed by atoms with E-state index in [1.807, 2.05) is 24.9 Å². The second-order valence-corrected chi connectivity index (χ2v) is 5.96. The molecule has 0 aliphatic carbocycles. The lowest BCUT2D eigenvalue weighted by molar-refractivity contribution is -0.121. The Kier molecular flexibility index (Phi) is 3.54. The van der Waals surface area contributed by atoms with Gasteiger partial charge in [0.25, 0.3) is 0 Å². The maximum atomic E-state index is 12.6. The third-order valence-electron chi connectivity index (χ3n) is 4.50. The molecule has 1 atom stereocenters. The summed E-state index contributed by atoms with van der Waals surface area (Å²) >= 11 is 0. The van der Waals surface area contributed by atoms with Crippen molar-refractivity contribution in [3.05, 3.63) is 53.6 Å². The average molecular weight is 279 g/mol. The molecule has 0 saturated heterocycles. The van der Waals surface area contributed by atoms with E-state index in [1.54, 1.807) is 0 Å². The molecule has 1 heterocycles. The molecule has 0 bridgehead atoms. The number of carbonyl (C=O) groups excluding carboxylic acids is 1. The number of anilines is 1. The Bertz CT molecular complexity index is 690. The van der Waals surface area contributed by atoms with Crippen LogP contribution in [-0.2, 0) is 11.2 Å². The summed E-state index contributed by atoms with van der Waals surface area (Å²) in [5, 5.41) is 0. The van der Waals surface area contributed by atoms with Gasteiger partial charge in [-0.2, -0.15) is 0 Å². The van der Waals surface area contributed by atoms with Crippen molar-refractivity contribution in [3.8, 4) is 11.1 Å². The van der Waals surface area contributed by atoms with Crippen LogP contribution in [0.1, 0.15) is 24.5 Å². The lowest BCUT2D eigenvalue weighted by Gasteiger charge is -2.24. The van der Waals surface area contributed by atoms with Crippen molar-refractivity contribution in [1.82, 2.24) is 0 Å². The molecule has 21 heavy (non-hydrogen) atoms. The molecule has 0 spiro atoms. The molecule has 2 heteroatoms. The highest BCUT2D eigenvalue weighted by Crippen LogP contribution is 2.38. The van der Waals surface area contributed by atoms with Crippen LogP contribution in [0.15, 0.2) is 42.5 Å². The summed E-state index contributed by atoms with van der Waals surface area (Å²) in [4.78, 5) is 14.4. The van der Waals surface area contributed by atoms with Crippen molar-refractivity contribution in [2.45, 2.75) is 26.7 Å². The first kappa shape index (κ1) is 13.9. The van der Waals surface area contributed by atoms with Crippen LogP contribution in [0.5, 0.6) is 0 Å². The number of nitrogens with zero attached hydrogens (tertiary/aromatic N) is 1. The van der Waals surface area contributed by atoms with Gasteiger partial charge in [-0.05, 0) is 42.5 Å². The van der Waals surface area contributed by atoms with Crippen LogP contribution < -0.4 is 4.90 Å². The van der Waals surface area contributed by atoms with E-state index in [0.29, 0.717) is 0 Å². The zero-order valence-electron chi connectivity index (χ0n) is 12.9. The van der Waals surface area contributed by atoms with Crippen LogP contribution >= 0.6 is 0 Å². The minimum atomic E-state index is 0.0505. The van der Waals surface area contributed by atoms with Crippen molar-refractivity contribution in [2.75, 3.05) is 11.9 Å². The number of hydrogen-bond acceptors (Lipinski definition) is 1. The highest BCUT2D eigenvalue weighted by Gasteiger charge is 2.24. The summed E-state index contributed by atoms with van der Waals surface area (Å²) < 4.78 is 0. The Labute approximate surface area is 126 Å². The van der Waals surface area contributed by atoms with E-state index in [4.69, 9.17) is 0 Å². The Hall–Kier alpha value is -2.09. The van der Waals surface area contributed by atoms with Gasteiger partial charge in [-0.15, -0.1) is 0 Å². The van der Waals surface area contributed by atoms with E-state index in [2.05, 4.69) is 43.3 Å². The largest absolute Gasteiger partial charge is 0.315 e. The van der Waals surface area contributed by atoms with Crippen LogP contribution in [0.2, 0.25) is 0 Å². The van der Waals surface area contributed by atoms with Crippen LogP contribution in [0, 0.1) is 12.8 Å². The molecule has 0 unspecified atom stereocenters. The first-order valence-electron chi connectivity index (χ1n) is 7.55. The second kappa shape index (κ2) is 5.36. The monoisotopic (exact) mass is 279 g/mol. The summed E-state index contributed by atoms with van der Waals surface area (Å²) in [5.74, 6) is 0.254. The van der Waals surface area contributed by atoms with Crippen LogP contribution in [0.25, 0.3) is 11.1 Å². The Morgan fingerprint density at radius 1 is 1.10 bits per heavy atom. The lowest BCUT2D eigenvalue weighted by Crippen LogP contribution is -2.31. The number of rotatable bonds is 0. The lowest BCUT2D eigenvalue weighted by atomic mass is 9.92. The van der Waals surface area contributed by atoms with Gasteiger partial charge < -0.3 is 4.90 Å². The van der Waals surface area contributed by atoms with Crippen molar-refractivity contribution >= 4 is 11.6 Å². The molecule has 0 fully saturated rings. The molecule has 0 aromatic heterocycles. The molecule has 2 aromatic carbocycles. The van der Waals surface area contributed by atoms with Crippen LogP contribution in [-0.4, -0.2) is 13.0 Å². The third-order valence-corrected chi connectivity index (χ3v) is 4.50. The molecule has 1 amide bonds. The van der Waals surface area contributed by atoms with Crippen molar-refractivity contribution < 1.29 is 4.79 Å². The molecule has 2 aromatic rings. The Morgan fingerprint density at radius 3 is 2.67 bits per heavy atom. The summed E-state index contributed by atoms with van der Waals surface area (Å²) in [6.45, 7) is 4.15. The van der Waals surface area contributed by atoms with E-state index in [1.165, 1.54) is 22.3 Å². The van der Waals surface area contributed by atoms with Gasteiger partial charge in [-0.1, -0.05) is 43.3 Å². The van der Waals surface area contributed by atoms with Crippen molar-refractivity contribution in [2.24, 2.45) is 5.92 Å². The highest BCUT2D eigenvalue weighted by molar-refractivity contribution is 5.99. The molecule has 0 N–H and O–H groups in total. The van der Waals surface area contributed by atoms with E-state index in [9.17, 15) is 4.79 Å². The number of carbonyl (C=O) groups is 1. The smallest absolute Gasteiger partial charge is 0.229 e. The predicted octanol–water partition coefficient (Wildman–Crippen LogP) is 4.21. The van der Waals surface area contributed by atoms with Gasteiger partial charge in [0.2, 0.25) is 5.91 Å². The molecular formula is C19H21NO. The molecule has 1 aliphatic heterocycles. The van der Waals surface area contributed by atoms with E-state index >= 15 is 0 Å². The fourth-order valence-corrected chi connectivity index (χ4v) is 3.21. The van der Waals surface area contributed by atoms with Gasteiger partial charge in [0.15, 0.2) is 0 Å². The molecule has 108 valence electrons. The van der Waals surface area contributed by atoms with Crippen molar-refractivity contribution in [3.63, 3.8) is 0 Å². The van der Waals surface area contributed by atoms with E-state index < -0.39 is 0 Å². The number of hydrogen-bond donors (Lipinski definition) is 0. The average Bonchev–Trinajstić information content (AvgIpc) is 2.54. The van der Waals surface area contributed by atoms with Gasteiger partial charge in [0, 0.05) is 18.5 Å². The second-order valence-electron chi connectivity index (χ2n) is 5.96. The molecule has 3 rings (SSSR count). The molecule has 1 aliphatic rings. The van der Waals surface area contributed by atoms with Gasteiger partial charge in [0.05, 0.1) is 5.69 Å². The van der Waals surface area contributed by atoms with Gasteiger partial charge in [0.1, 0.15) is 0 Å². The highest BCUT2D eigenvalue weighted by atomic mass is 16.2. The number of aryl methyl sites for hydroxylation is 2. The Balaban J connectivity index is 2.30. The number of amides is 1. The number of fused-ring (bicyclic) bond motifs is 3. The first-order chi connectivity index (χ1) is 10.1. The zero-order chi connectivity index (χ0) is 15.0. The number of benzene rings is 2. The molecule has 2 nitrogen and oxygen atoms in total. The van der Waals surface area contributed by atoms with E-state index in [0.717, 1.165) is 18.5 Å². The third kappa shape index (κ3) is 2.35. The van der Waals surface area contributed by atoms with Crippen molar-refractivity contribution in [1.29, 1.82) is 0 Å². The quantitative estimate of drug-likeness (QED) is 0.707. The standard InChI is InChI=1S/C19H21NO/c1-13-7-6-10-17-18(13)16-9-5-4-8-15(16)12-11-14(2)19(21)20(17)3/h4-10,14H,11-12H2,1-3H3/t14-/m0/s1. The fourth-order valence-electron chi connectivity index (χ4n) is 3.21. The maximum Gasteiger partial charge on any atom is 0.229 e. The fraction of sp³-hybridized carbons (Fsp3) is 0.316. The summed E-state index contributed by atoms with van der Waals surface area (Å²) in [5.41, 5.74) is 6.02. The Morgan fingerprint density at radius 2 is 1.86 bits per heavy atom. The summed E-state index contributed by atoms with van der Waals surface area (Å²) in [6, 6.07) is 14.7. The van der Waals surface area contributed by atoms with Crippen LogP contribution in [0.4, 0.5) is 5.69 Å². The first-order valence-corrected chi connectivity index (χ1v) is 7.55. The molecular weight excluding hydrogens is 258 g/mol. The summed E-state index contributed by atoms with van der Waals surface area (Å²) in [6.07, 6.45) is 1.85. The van der Waals surface area contributed by atoms with E-state index in [-0.39, 0.29) is 11.8 Å². The normalized spacial score (nSPS) is 18.3. The SMILES string of the molecule is Cc1cccc2c1-c1ccccc1CC[C@H](C)C(=O)N2C. The minimum Gasteiger partial charge on any atom is -0.315 e. The van der Waals surface area contributed by atoms with Gasteiger partial charge in [-0.25, -0.2) is 0 Å². The summed E-state index contributed by atoms with van der Waals surface area (Å²) in [7, 11) is 1.89. The molecule has 0 radical (unpaired) electrons.